The average molecular weight is 370 g/mol. The second kappa shape index (κ2) is 8.13. The average Bonchev–Trinajstić information content (AvgIpc) is 3.18. The van der Waals surface area contributed by atoms with Crippen LogP contribution in [0.1, 0.15) is 15.9 Å². The Balaban J connectivity index is 1.58. The lowest BCUT2D eigenvalue weighted by Crippen LogP contribution is -2.40. The lowest BCUT2D eigenvalue weighted by atomic mass is 10.1. The van der Waals surface area contributed by atoms with E-state index in [1.807, 2.05) is 0 Å². The number of nitrogens with one attached hydrogen (secondary N) is 2. The third-order valence-electron chi connectivity index (χ3n) is 3.79. The van der Waals surface area contributed by atoms with Gasteiger partial charge in [-0.2, -0.15) is 0 Å². The first-order valence-electron chi connectivity index (χ1n) is 8.01. The van der Waals surface area contributed by atoms with Crippen molar-refractivity contribution in [2.75, 3.05) is 21.0 Å². The van der Waals surface area contributed by atoms with E-state index in [1.54, 1.807) is 49.6 Å². The highest BCUT2D eigenvalue weighted by atomic mass is 16.7. The fourth-order valence-electron chi connectivity index (χ4n) is 2.39. The van der Waals surface area contributed by atoms with Gasteiger partial charge in [0.15, 0.2) is 11.5 Å². The Hall–Kier alpha value is -3.68. The van der Waals surface area contributed by atoms with E-state index in [9.17, 15) is 9.59 Å². The van der Waals surface area contributed by atoms with E-state index in [0.29, 0.717) is 34.1 Å². The summed E-state index contributed by atoms with van der Waals surface area (Å²) in [5.41, 5.74) is 5.68. The molecule has 0 saturated carbocycles. The van der Waals surface area contributed by atoms with Crippen LogP contribution in [0.2, 0.25) is 0 Å². The van der Waals surface area contributed by atoms with Crippen molar-refractivity contribution in [2.24, 2.45) is 0 Å². The minimum atomic E-state index is -0.498. The minimum absolute atomic E-state index is 0.122. The second-order valence-corrected chi connectivity index (χ2v) is 5.45. The minimum Gasteiger partial charge on any atom is -0.497 e. The van der Waals surface area contributed by atoms with Gasteiger partial charge in [0.05, 0.1) is 14.2 Å². The lowest BCUT2D eigenvalue weighted by Gasteiger charge is -2.08. The smallest absolute Gasteiger partial charge is 0.269 e. The topological polar surface area (TPSA) is 95.1 Å². The number of fused-ring (bicyclic) bond motifs is 1. The molecule has 1 heterocycles. The SMILES string of the molecule is COc1ccc(/C=C/C(=O)NNC(=O)c2ccc3c(c2)OCO3)c(OC)c1. The van der Waals surface area contributed by atoms with E-state index in [-0.39, 0.29) is 6.79 Å². The molecule has 2 amide bonds. The van der Waals surface area contributed by atoms with Gasteiger partial charge < -0.3 is 18.9 Å². The molecule has 2 aromatic rings. The number of amides is 2. The first kappa shape index (κ1) is 18.1. The molecule has 0 fully saturated rings. The fourth-order valence-corrected chi connectivity index (χ4v) is 2.39. The van der Waals surface area contributed by atoms with Crippen molar-refractivity contribution in [1.29, 1.82) is 0 Å². The van der Waals surface area contributed by atoms with Crippen LogP contribution in [-0.2, 0) is 4.79 Å². The summed E-state index contributed by atoms with van der Waals surface area (Å²) >= 11 is 0. The molecule has 3 rings (SSSR count). The number of benzene rings is 2. The van der Waals surface area contributed by atoms with Crippen LogP contribution in [0, 0.1) is 0 Å². The summed E-state index contributed by atoms with van der Waals surface area (Å²) in [6, 6.07) is 9.97. The zero-order chi connectivity index (χ0) is 19.2. The predicted molar refractivity (Wildman–Crippen MR) is 96.8 cm³/mol. The molecule has 0 spiro atoms. The van der Waals surface area contributed by atoms with Crippen LogP contribution >= 0.6 is 0 Å². The number of ether oxygens (including phenoxy) is 4. The molecule has 1 aliphatic rings. The Labute approximate surface area is 155 Å². The van der Waals surface area contributed by atoms with E-state index in [0.717, 1.165) is 0 Å². The Morgan fingerprint density at radius 2 is 1.81 bits per heavy atom. The van der Waals surface area contributed by atoms with Crippen LogP contribution in [0.3, 0.4) is 0 Å². The predicted octanol–water partition coefficient (Wildman–Crippen LogP) is 1.91. The molecular formula is C19H18N2O6. The summed E-state index contributed by atoms with van der Waals surface area (Å²) in [6.45, 7) is 0.122. The Kier molecular flexibility index (Phi) is 5.46. The highest BCUT2D eigenvalue weighted by Crippen LogP contribution is 2.32. The van der Waals surface area contributed by atoms with Crippen LogP contribution in [0.15, 0.2) is 42.5 Å². The number of methoxy groups -OCH3 is 2. The Bertz CT molecular complexity index is 894. The molecule has 8 heteroatoms. The largest absolute Gasteiger partial charge is 0.497 e. The maximum absolute atomic E-state index is 12.1. The van der Waals surface area contributed by atoms with Gasteiger partial charge in [0.2, 0.25) is 6.79 Å². The highest BCUT2D eigenvalue weighted by Gasteiger charge is 2.16. The zero-order valence-electron chi connectivity index (χ0n) is 14.8. The number of hydrogen-bond donors (Lipinski definition) is 2. The summed E-state index contributed by atoms with van der Waals surface area (Å²) < 4.78 is 20.8. The van der Waals surface area contributed by atoms with Crippen LogP contribution in [-0.4, -0.2) is 32.8 Å². The maximum atomic E-state index is 12.1. The van der Waals surface area contributed by atoms with E-state index in [2.05, 4.69) is 10.9 Å². The van der Waals surface area contributed by atoms with Gasteiger partial charge in [-0.3, -0.25) is 20.4 Å². The lowest BCUT2D eigenvalue weighted by molar-refractivity contribution is -0.117. The van der Waals surface area contributed by atoms with Crippen molar-refractivity contribution in [3.8, 4) is 23.0 Å². The maximum Gasteiger partial charge on any atom is 0.269 e. The van der Waals surface area contributed by atoms with E-state index in [4.69, 9.17) is 18.9 Å². The number of carbonyl (C=O) groups excluding carboxylic acids is 2. The Morgan fingerprint density at radius 1 is 1.00 bits per heavy atom. The fraction of sp³-hybridized carbons (Fsp3) is 0.158. The third kappa shape index (κ3) is 4.30. The summed E-state index contributed by atoms with van der Waals surface area (Å²) in [4.78, 5) is 24.1. The molecule has 8 nitrogen and oxygen atoms in total. The monoisotopic (exact) mass is 370 g/mol. The van der Waals surface area contributed by atoms with E-state index in [1.165, 1.54) is 13.2 Å². The van der Waals surface area contributed by atoms with Gasteiger partial charge in [0.25, 0.3) is 11.8 Å². The number of hydrogen-bond acceptors (Lipinski definition) is 6. The number of hydrazine groups is 1. The van der Waals surface area contributed by atoms with Gasteiger partial charge in [-0.05, 0) is 36.4 Å². The molecule has 140 valence electrons. The molecule has 0 bridgehead atoms. The first-order valence-corrected chi connectivity index (χ1v) is 8.01. The van der Waals surface area contributed by atoms with Crippen LogP contribution in [0.25, 0.3) is 6.08 Å². The molecule has 0 aromatic heterocycles. The van der Waals surface area contributed by atoms with Gasteiger partial charge in [-0.15, -0.1) is 0 Å². The van der Waals surface area contributed by atoms with Crippen molar-refractivity contribution in [2.45, 2.75) is 0 Å². The molecule has 27 heavy (non-hydrogen) atoms. The Morgan fingerprint density at radius 3 is 2.59 bits per heavy atom. The molecule has 2 aromatic carbocycles. The van der Waals surface area contributed by atoms with Crippen molar-refractivity contribution in [1.82, 2.24) is 10.9 Å². The summed E-state index contributed by atoms with van der Waals surface area (Å²) in [7, 11) is 3.08. The molecule has 0 saturated heterocycles. The quantitative estimate of drug-likeness (QED) is 0.617. The van der Waals surface area contributed by atoms with Gasteiger partial charge in [0, 0.05) is 23.3 Å². The normalized spacial score (nSPS) is 11.9. The molecule has 1 aliphatic heterocycles. The standard InChI is InChI=1S/C19H18N2O6/c1-24-14-6-3-12(16(10-14)25-2)5-8-18(22)20-21-19(23)13-4-7-15-17(9-13)27-11-26-15/h3-10H,11H2,1-2H3,(H,20,22)(H,21,23)/b8-5+. The highest BCUT2D eigenvalue weighted by molar-refractivity contribution is 5.98. The van der Waals surface area contributed by atoms with Crippen molar-refractivity contribution >= 4 is 17.9 Å². The first-order chi connectivity index (χ1) is 13.1. The van der Waals surface area contributed by atoms with Crippen molar-refractivity contribution in [3.05, 3.63) is 53.6 Å². The molecular weight excluding hydrogens is 352 g/mol. The van der Waals surface area contributed by atoms with Crippen LogP contribution < -0.4 is 29.8 Å². The third-order valence-corrected chi connectivity index (χ3v) is 3.79. The number of carbonyl (C=O) groups is 2. The molecule has 0 unspecified atom stereocenters. The summed E-state index contributed by atoms with van der Waals surface area (Å²) in [5, 5.41) is 0. The molecule has 0 aliphatic carbocycles. The summed E-state index contributed by atoms with van der Waals surface area (Å²) in [6.07, 6.45) is 2.85. The molecule has 0 radical (unpaired) electrons. The van der Waals surface area contributed by atoms with E-state index < -0.39 is 11.8 Å². The summed E-state index contributed by atoms with van der Waals surface area (Å²) in [5.74, 6) is 1.29. The van der Waals surface area contributed by atoms with Gasteiger partial charge in [-0.25, -0.2) is 0 Å². The van der Waals surface area contributed by atoms with Gasteiger partial charge in [0.1, 0.15) is 11.5 Å². The molecule has 0 atom stereocenters. The van der Waals surface area contributed by atoms with Gasteiger partial charge in [-0.1, -0.05) is 0 Å². The van der Waals surface area contributed by atoms with Crippen molar-refractivity contribution in [3.63, 3.8) is 0 Å². The van der Waals surface area contributed by atoms with Crippen LogP contribution in [0.4, 0.5) is 0 Å². The zero-order valence-corrected chi connectivity index (χ0v) is 14.8. The number of rotatable bonds is 5. The van der Waals surface area contributed by atoms with E-state index >= 15 is 0 Å². The second-order valence-electron chi connectivity index (χ2n) is 5.45. The van der Waals surface area contributed by atoms with Crippen molar-refractivity contribution < 1.29 is 28.5 Å². The van der Waals surface area contributed by atoms with Crippen LogP contribution in [0.5, 0.6) is 23.0 Å². The molecule has 2 N–H and O–H groups in total. The van der Waals surface area contributed by atoms with Gasteiger partial charge >= 0.3 is 0 Å².